The number of carbonyl (C=O) groups is 1. The van der Waals surface area contributed by atoms with Gasteiger partial charge in [-0.15, -0.1) is 0 Å². The zero-order valence-electron chi connectivity index (χ0n) is 16.3. The van der Waals surface area contributed by atoms with Crippen LogP contribution in [-0.2, 0) is 14.6 Å². The minimum atomic E-state index is -3.26. The number of amides is 1. The number of hydrogen-bond acceptors (Lipinski definition) is 4. The molecule has 2 rings (SSSR count). The zero-order chi connectivity index (χ0) is 19.9. The Bertz CT molecular complexity index is 747. The third-order valence-corrected chi connectivity index (χ3v) is 6.36. The number of hydrogen-bond donors (Lipinski definition) is 2. The van der Waals surface area contributed by atoms with Crippen LogP contribution in [0.1, 0.15) is 26.7 Å². The first-order chi connectivity index (χ1) is 12.8. The Morgan fingerprint density at radius 2 is 2.00 bits per heavy atom. The van der Waals surface area contributed by atoms with E-state index in [0.717, 1.165) is 13.0 Å². The van der Waals surface area contributed by atoms with Gasteiger partial charge in [-0.1, -0.05) is 32.0 Å². The van der Waals surface area contributed by atoms with Gasteiger partial charge in [-0.2, -0.15) is 0 Å². The fourth-order valence-corrected chi connectivity index (χ4v) is 4.38. The van der Waals surface area contributed by atoms with Crippen molar-refractivity contribution in [2.24, 2.45) is 10.9 Å². The van der Waals surface area contributed by atoms with Crippen molar-refractivity contribution in [2.45, 2.75) is 37.6 Å². The van der Waals surface area contributed by atoms with Gasteiger partial charge in [0.1, 0.15) is 0 Å². The monoisotopic (exact) mass is 394 g/mol. The third kappa shape index (κ3) is 6.23. The highest BCUT2D eigenvalue weighted by Crippen LogP contribution is 2.13. The van der Waals surface area contributed by atoms with Gasteiger partial charge >= 0.3 is 0 Å². The number of sulfone groups is 1. The minimum absolute atomic E-state index is 0.00718. The van der Waals surface area contributed by atoms with Gasteiger partial charge in [-0.3, -0.25) is 9.79 Å². The SMILES string of the molecule is CN=C(NCCCS(=O)(=O)c1ccccc1)NC1CCN(C(=O)C(C)C)C1. The number of carbonyl (C=O) groups excluding carboxylic acids is 1. The van der Waals surface area contributed by atoms with Gasteiger partial charge in [0.2, 0.25) is 5.91 Å². The summed E-state index contributed by atoms with van der Waals surface area (Å²) in [5.41, 5.74) is 0. The second kappa shape index (κ2) is 9.73. The van der Waals surface area contributed by atoms with Crippen LogP contribution in [0.3, 0.4) is 0 Å². The maximum absolute atomic E-state index is 12.3. The number of guanidine groups is 1. The molecule has 150 valence electrons. The topological polar surface area (TPSA) is 90.9 Å². The molecule has 0 aliphatic carbocycles. The van der Waals surface area contributed by atoms with Crippen molar-refractivity contribution in [3.63, 3.8) is 0 Å². The lowest BCUT2D eigenvalue weighted by atomic mass is 10.2. The Labute approximate surface area is 162 Å². The second-order valence-electron chi connectivity index (χ2n) is 7.05. The van der Waals surface area contributed by atoms with E-state index in [9.17, 15) is 13.2 Å². The highest BCUT2D eigenvalue weighted by Gasteiger charge is 2.27. The normalized spacial score (nSPS) is 18.0. The van der Waals surface area contributed by atoms with Crippen LogP contribution >= 0.6 is 0 Å². The molecule has 7 nitrogen and oxygen atoms in total. The number of likely N-dealkylation sites (tertiary alicyclic amines) is 1. The number of rotatable bonds is 7. The average Bonchev–Trinajstić information content (AvgIpc) is 3.12. The Kier molecular flexibility index (Phi) is 7.65. The van der Waals surface area contributed by atoms with E-state index in [4.69, 9.17) is 0 Å². The molecular formula is C19H30N4O3S. The highest BCUT2D eigenvalue weighted by atomic mass is 32.2. The van der Waals surface area contributed by atoms with Crippen molar-refractivity contribution in [3.05, 3.63) is 30.3 Å². The molecule has 1 fully saturated rings. The molecule has 1 amide bonds. The lowest BCUT2D eigenvalue weighted by Crippen LogP contribution is -2.45. The van der Waals surface area contributed by atoms with Crippen molar-refractivity contribution in [1.29, 1.82) is 0 Å². The van der Waals surface area contributed by atoms with E-state index in [0.29, 0.717) is 30.4 Å². The second-order valence-corrected chi connectivity index (χ2v) is 9.16. The summed E-state index contributed by atoms with van der Waals surface area (Å²) in [5, 5.41) is 6.47. The van der Waals surface area contributed by atoms with E-state index in [1.165, 1.54) is 0 Å². The molecule has 0 bridgehead atoms. The summed E-state index contributed by atoms with van der Waals surface area (Å²) in [4.78, 5) is 18.5. The lowest BCUT2D eigenvalue weighted by Gasteiger charge is -2.20. The van der Waals surface area contributed by atoms with E-state index < -0.39 is 9.84 Å². The van der Waals surface area contributed by atoms with Crippen LogP contribution in [0.25, 0.3) is 0 Å². The van der Waals surface area contributed by atoms with Gasteiger partial charge in [0.05, 0.1) is 10.6 Å². The quantitative estimate of drug-likeness (QED) is 0.413. The van der Waals surface area contributed by atoms with Crippen LogP contribution in [0.5, 0.6) is 0 Å². The Balaban J connectivity index is 1.74. The first-order valence-corrected chi connectivity index (χ1v) is 11.0. The number of nitrogens with zero attached hydrogens (tertiary/aromatic N) is 2. The minimum Gasteiger partial charge on any atom is -0.356 e. The predicted molar refractivity (Wildman–Crippen MR) is 107 cm³/mol. The Morgan fingerprint density at radius 1 is 1.30 bits per heavy atom. The smallest absolute Gasteiger partial charge is 0.225 e. The summed E-state index contributed by atoms with van der Waals surface area (Å²) >= 11 is 0. The van der Waals surface area contributed by atoms with Crippen molar-refractivity contribution >= 4 is 21.7 Å². The highest BCUT2D eigenvalue weighted by molar-refractivity contribution is 7.91. The molecule has 27 heavy (non-hydrogen) atoms. The standard InChI is InChI=1S/C19H30N4O3S/c1-15(2)18(24)23-12-10-16(14-23)22-19(20-3)21-11-7-13-27(25,26)17-8-5-4-6-9-17/h4-6,8-9,15-16H,7,10-14H2,1-3H3,(H2,20,21,22). The summed E-state index contributed by atoms with van der Waals surface area (Å²) in [6.45, 7) is 5.74. The molecule has 1 atom stereocenters. The fourth-order valence-electron chi connectivity index (χ4n) is 3.05. The molecule has 0 spiro atoms. The molecular weight excluding hydrogens is 364 g/mol. The molecule has 1 aliphatic rings. The van der Waals surface area contributed by atoms with Crippen LogP contribution < -0.4 is 10.6 Å². The Morgan fingerprint density at radius 3 is 2.63 bits per heavy atom. The molecule has 8 heteroatoms. The molecule has 1 aliphatic heterocycles. The first kappa shape index (κ1) is 21.2. The molecule has 0 saturated carbocycles. The van der Waals surface area contributed by atoms with Crippen LogP contribution in [0.2, 0.25) is 0 Å². The van der Waals surface area contributed by atoms with E-state index in [1.807, 2.05) is 18.7 Å². The van der Waals surface area contributed by atoms with Gasteiger partial charge in [0, 0.05) is 38.6 Å². The maximum atomic E-state index is 12.3. The van der Waals surface area contributed by atoms with E-state index in [-0.39, 0.29) is 23.6 Å². The van der Waals surface area contributed by atoms with Crippen molar-refractivity contribution in [3.8, 4) is 0 Å². The van der Waals surface area contributed by atoms with Crippen molar-refractivity contribution in [2.75, 3.05) is 32.4 Å². The van der Waals surface area contributed by atoms with Gasteiger partial charge < -0.3 is 15.5 Å². The molecule has 1 unspecified atom stereocenters. The van der Waals surface area contributed by atoms with Gasteiger partial charge in [0.15, 0.2) is 15.8 Å². The van der Waals surface area contributed by atoms with Crippen LogP contribution in [0.15, 0.2) is 40.2 Å². The van der Waals surface area contributed by atoms with Gasteiger partial charge in [0.25, 0.3) is 0 Å². The van der Waals surface area contributed by atoms with Crippen LogP contribution in [-0.4, -0.2) is 63.7 Å². The first-order valence-electron chi connectivity index (χ1n) is 9.37. The summed E-state index contributed by atoms with van der Waals surface area (Å²) in [5.74, 6) is 0.901. The van der Waals surface area contributed by atoms with E-state index in [1.54, 1.807) is 37.4 Å². The van der Waals surface area contributed by atoms with Crippen LogP contribution in [0, 0.1) is 5.92 Å². The molecule has 0 aromatic heterocycles. The molecule has 1 heterocycles. The summed E-state index contributed by atoms with van der Waals surface area (Å²) in [6, 6.07) is 8.65. The van der Waals surface area contributed by atoms with Crippen molar-refractivity contribution < 1.29 is 13.2 Å². The van der Waals surface area contributed by atoms with Gasteiger partial charge in [-0.05, 0) is 25.0 Å². The summed E-state index contributed by atoms with van der Waals surface area (Å²) < 4.78 is 24.5. The zero-order valence-corrected chi connectivity index (χ0v) is 17.1. The molecule has 0 radical (unpaired) electrons. The number of benzene rings is 1. The van der Waals surface area contributed by atoms with E-state index >= 15 is 0 Å². The molecule has 1 aromatic rings. The number of aliphatic imine (C=N–C) groups is 1. The fraction of sp³-hybridized carbons (Fsp3) is 0.579. The predicted octanol–water partition coefficient (Wildman–Crippen LogP) is 1.27. The Hall–Kier alpha value is -2.09. The molecule has 1 saturated heterocycles. The lowest BCUT2D eigenvalue weighted by molar-refractivity contribution is -0.133. The van der Waals surface area contributed by atoms with E-state index in [2.05, 4.69) is 15.6 Å². The largest absolute Gasteiger partial charge is 0.356 e. The third-order valence-electron chi connectivity index (χ3n) is 4.54. The molecule has 2 N–H and O–H groups in total. The van der Waals surface area contributed by atoms with Crippen molar-refractivity contribution in [1.82, 2.24) is 15.5 Å². The van der Waals surface area contributed by atoms with Crippen LogP contribution in [0.4, 0.5) is 0 Å². The molecule has 1 aromatic carbocycles. The summed E-state index contributed by atoms with van der Waals surface area (Å²) in [6.07, 6.45) is 1.36. The summed E-state index contributed by atoms with van der Waals surface area (Å²) in [7, 11) is -1.57. The maximum Gasteiger partial charge on any atom is 0.225 e. The number of nitrogens with one attached hydrogen (secondary N) is 2. The average molecular weight is 395 g/mol. The van der Waals surface area contributed by atoms with Gasteiger partial charge in [-0.25, -0.2) is 8.42 Å².